The Morgan fingerprint density at radius 3 is 2.80 bits per heavy atom. The molecule has 0 aliphatic carbocycles. The number of carboxylic acids is 1. The van der Waals surface area contributed by atoms with Gasteiger partial charge in [-0.05, 0) is 38.8 Å². The first-order valence-electron chi connectivity index (χ1n) is 6.61. The van der Waals surface area contributed by atoms with E-state index in [1.54, 1.807) is 6.07 Å². The highest BCUT2D eigenvalue weighted by atomic mass is 16.5. The third-order valence-corrected chi connectivity index (χ3v) is 3.38. The van der Waals surface area contributed by atoms with Crippen LogP contribution in [0.15, 0.2) is 16.5 Å². The molecule has 6 heteroatoms. The van der Waals surface area contributed by atoms with E-state index in [4.69, 9.17) is 14.3 Å². The molecule has 0 aromatic carbocycles. The Morgan fingerprint density at radius 1 is 1.45 bits per heavy atom. The highest BCUT2D eigenvalue weighted by Crippen LogP contribution is 2.28. The van der Waals surface area contributed by atoms with Gasteiger partial charge in [0.15, 0.2) is 0 Å². The van der Waals surface area contributed by atoms with Gasteiger partial charge in [0, 0.05) is 12.5 Å². The number of ether oxygens (including phenoxy) is 1. The largest absolute Gasteiger partial charge is 0.475 e. The molecule has 1 aliphatic heterocycles. The molecule has 20 heavy (non-hydrogen) atoms. The maximum Gasteiger partial charge on any atom is 0.371 e. The van der Waals surface area contributed by atoms with Crippen LogP contribution in [0, 0.1) is 5.92 Å². The third-order valence-electron chi connectivity index (χ3n) is 3.38. The monoisotopic (exact) mass is 281 g/mol. The van der Waals surface area contributed by atoms with Crippen LogP contribution in [0.3, 0.4) is 0 Å². The van der Waals surface area contributed by atoms with E-state index in [-0.39, 0.29) is 29.7 Å². The van der Waals surface area contributed by atoms with Crippen molar-refractivity contribution in [3.8, 4) is 0 Å². The van der Waals surface area contributed by atoms with Gasteiger partial charge in [-0.25, -0.2) is 4.79 Å². The summed E-state index contributed by atoms with van der Waals surface area (Å²) in [7, 11) is 0. The number of rotatable bonds is 4. The summed E-state index contributed by atoms with van der Waals surface area (Å²) < 4.78 is 10.7. The minimum atomic E-state index is -1.12. The van der Waals surface area contributed by atoms with Gasteiger partial charge >= 0.3 is 5.97 Å². The van der Waals surface area contributed by atoms with Gasteiger partial charge in [-0.3, -0.25) is 4.79 Å². The van der Waals surface area contributed by atoms with Crippen LogP contribution in [0.25, 0.3) is 0 Å². The highest BCUT2D eigenvalue weighted by molar-refractivity contribution is 5.84. The van der Waals surface area contributed by atoms with Crippen LogP contribution in [0.5, 0.6) is 0 Å². The number of carbonyl (C=O) groups is 2. The second-order valence-electron chi connectivity index (χ2n) is 5.59. The Kier molecular flexibility index (Phi) is 4.13. The van der Waals surface area contributed by atoms with Crippen LogP contribution >= 0.6 is 0 Å². The van der Waals surface area contributed by atoms with E-state index in [0.29, 0.717) is 25.2 Å². The first-order valence-corrected chi connectivity index (χ1v) is 6.61. The Morgan fingerprint density at radius 2 is 2.20 bits per heavy atom. The van der Waals surface area contributed by atoms with E-state index in [2.05, 4.69) is 5.32 Å². The van der Waals surface area contributed by atoms with E-state index in [1.165, 1.54) is 6.07 Å². The molecule has 1 atom stereocenters. The summed E-state index contributed by atoms with van der Waals surface area (Å²) >= 11 is 0. The Balaban J connectivity index is 1.86. The lowest BCUT2D eigenvalue weighted by Gasteiger charge is -2.34. The Hall–Kier alpha value is -1.82. The number of furan rings is 1. The molecule has 0 radical (unpaired) electrons. The van der Waals surface area contributed by atoms with Crippen molar-refractivity contribution >= 4 is 11.9 Å². The number of carboxylic acid groups (broad SMARTS) is 1. The summed E-state index contributed by atoms with van der Waals surface area (Å²) in [5.41, 5.74) is -0.276. The number of amides is 1. The van der Waals surface area contributed by atoms with Gasteiger partial charge in [-0.2, -0.15) is 0 Å². The van der Waals surface area contributed by atoms with Crippen molar-refractivity contribution in [3.05, 3.63) is 23.7 Å². The average Bonchev–Trinajstić information content (AvgIpc) is 2.83. The van der Waals surface area contributed by atoms with Crippen LogP contribution in [0.1, 0.15) is 43.0 Å². The van der Waals surface area contributed by atoms with Crippen LogP contribution in [-0.2, 0) is 16.1 Å². The first kappa shape index (κ1) is 14.6. The minimum absolute atomic E-state index is 0.0466. The maximum atomic E-state index is 12.1. The van der Waals surface area contributed by atoms with E-state index in [9.17, 15) is 9.59 Å². The lowest BCUT2D eigenvalue weighted by Crippen LogP contribution is -2.41. The van der Waals surface area contributed by atoms with Crippen LogP contribution in [-0.4, -0.2) is 29.2 Å². The van der Waals surface area contributed by atoms with Gasteiger partial charge < -0.3 is 19.6 Å². The zero-order chi connectivity index (χ0) is 14.8. The lowest BCUT2D eigenvalue weighted by molar-refractivity contribution is -0.135. The quantitative estimate of drug-likeness (QED) is 0.878. The van der Waals surface area contributed by atoms with Crippen LogP contribution in [0.2, 0.25) is 0 Å². The lowest BCUT2D eigenvalue weighted by atomic mass is 9.88. The zero-order valence-electron chi connectivity index (χ0n) is 11.6. The normalized spacial score (nSPS) is 21.4. The van der Waals surface area contributed by atoms with Gasteiger partial charge in [-0.15, -0.1) is 0 Å². The van der Waals surface area contributed by atoms with Crippen molar-refractivity contribution in [3.63, 3.8) is 0 Å². The van der Waals surface area contributed by atoms with Gasteiger partial charge in [-0.1, -0.05) is 0 Å². The topological polar surface area (TPSA) is 88.8 Å². The Bertz CT molecular complexity index is 505. The number of hydrogen-bond donors (Lipinski definition) is 2. The molecule has 0 spiro atoms. The maximum absolute atomic E-state index is 12.1. The van der Waals surface area contributed by atoms with E-state index < -0.39 is 5.97 Å². The molecule has 1 fully saturated rings. The van der Waals surface area contributed by atoms with Crippen molar-refractivity contribution in [2.45, 2.75) is 38.8 Å². The summed E-state index contributed by atoms with van der Waals surface area (Å²) in [4.78, 5) is 22.8. The number of hydrogen-bond acceptors (Lipinski definition) is 4. The average molecular weight is 281 g/mol. The highest BCUT2D eigenvalue weighted by Gasteiger charge is 2.32. The molecule has 2 heterocycles. The number of aromatic carboxylic acids is 1. The van der Waals surface area contributed by atoms with Crippen molar-refractivity contribution in [2.24, 2.45) is 5.92 Å². The first-order chi connectivity index (χ1) is 9.37. The molecule has 6 nitrogen and oxygen atoms in total. The van der Waals surface area contributed by atoms with Crippen LogP contribution < -0.4 is 5.32 Å². The number of carbonyl (C=O) groups excluding carboxylic acids is 1. The Labute approximate surface area is 117 Å². The molecule has 1 saturated heterocycles. The van der Waals surface area contributed by atoms with Crippen molar-refractivity contribution in [1.29, 1.82) is 0 Å². The predicted molar refractivity (Wildman–Crippen MR) is 70.3 cm³/mol. The van der Waals surface area contributed by atoms with Gasteiger partial charge in [0.25, 0.3) is 0 Å². The predicted octanol–water partition coefficient (Wildman–Crippen LogP) is 1.80. The van der Waals surface area contributed by atoms with E-state index in [1.807, 2.05) is 13.8 Å². The molecule has 0 unspecified atom stereocenters. The summed E-state index contributed by atoms with van der Waals surface area (Å²) in [6, 6.07) is 2.93. The summed E-state index contributed by atoms with van der Waals surface area (Å²) in [5.74, 6) is -0.931. The second kappa shape index (κ2) is 5.66. The van der Waals surface area contributed by atoms with Crippen molar-refractivity contribution < 1.29 is 23.8 Å². The van der Waals surface area contributed by atoms with Crippen LogP contribution in [0.4, 0.5) is 0 Å². The molecular formula is C14H19NO5. The summed E-state index contributed by atoms with van der Waals surface area (Å²) in [6.45, 7) is 4.72. The van der Waals surface area contributed by atoms with Crippen molar-refractivity contribution in [2.75, 3.05) is 6.61 Å². The second-order valence-corrected chi connectivity index (χ2v) is 5.59. The standard InChI is InChI=1S/C14H19NO5/c1-14(2)7-9(5-6-19-14)12(16)15-8-10-3-4-11(20-10)13(17)18/h3-4,9H,5-8H2,1-2H3,(H,15,16)(H,17,18)/t9-/m0/s1. The van der Waals surface area contributed by atoms with Gasteiger partial charge in [0.2, 0.25) is 11.7 Å². The summed E-state index contributed by atoms with van der Waals surface area (Å²) in [5, 5.41) is 11.5. The van der Waals surface area contributed by atoms with Gasteiger partial charge in [0.05, 0.1) is 12.1 Å². The fourth-order valence-corrected chi connectivity index (χ4v) is 2.36. The number of nitrogens with one attached hydrogen (secondary N) is 1. The smallest absolute Gasteiger partial charge is 0.371 e. The third kappa shape index (κ3) is 3.60. The van der Waals surface area contributed by atoms with Gasteiger partial charge in [0.1, 0.15) is 5.76 Å². The molecular weight excluding hydrogens is 262 g/mol. The molecule has 110 valence electrons. The molecule has 2 rings (SSSR count). The molecule has 1 aromatic heterocycles. The fourth-order valence-electron chi connectivity index (χ4n) is 2.36. The van der Waals surface area contributed by atoms with E-state index in [0.717, 1.165) is 0 Å². The SMILES string of the molecule is CC1(C)C[C@@H](C(=O)NCc2ccc(C(=O)O)o2)CCO1. The summed E-state index contributed by atoms with van der Waals surface area (Å²) in [6.07, 6.45) is 1.38. The van der Waals surface area contributed by atoms with Crippen molar-refractivity contribution in [1.82, 2.24) is 5.32 Å². The molecule has 0 bridgehead atoms. The molecule has 0 saturated carbocycles. The molecule has 1 aromatic rings. The van der Waals surface area contributed by atoms with E-state index >= 15 is 0 Å². The minimum Gasteiger partial charge on any atom is -0.475 e. The molecule has 1 amide bonds. The molecule has 2 N–H and O–H groups in total. The zero-order valence-corrected chi connectivity index (χ0v) is 11.6. The fraction of sp³-hybridized carbons (Fsp3) is 0.571. The molecule has 1 aliphatic rings.